The third kappa shape index (κ3) is 31.0. The molecule has 2 unspecified atom stereocenters. The molecule has 0 aliphatic carbocycles. The van der Waals surface area contributed by atoms with Crippen LogP contribution in [0, 0.1) is 0 Å². The zero-order chi connectivity index (χ0) is 32.6. The van der Waals surface area contributed by atoms with Gasteiger partial charge in [-0.2, -0.15) is 8.42 Å². The van der Waals surface area contributed by atoms with Gasteiger partial charge in [0.2, 0.25) is 5.91 Å². The standard InChI is InChI=1S/C37H61NO5S/c1-3-5-7-9-11-13-15-16-17-18-19-20-21-22-23-25-27-29-31-33-37(40)38-35(34-44(41,42)43)36(39)32-30-28-26-24-14-12-10-8-6-4-2/h5-8,11,13-14,16-17,19-20,24,30,32,35-36,39H,3-4,9-10,12,15,18,21-23,25-29,31,33-34H2,1-2H3,(H,38,40)(H,41,42,43)/b7-5-,8-6+,13-11-,17-16-,20-19-,24-14+,32-30+. The fraction of sp³-hybridized carbons (Fsp3) is 0.595. The van der Waals surface area contributed by atoms with E-state index in [1.54, 1.807) is 6.08 Å². The third-order valence-corrected chi connectivity index (χ3v) is 7.57. The van der Waals surface area contributed by atoms with Crippen LogP contribution in [0.25, 0.3) is 0 Å². The summed E-state index contributed by atoms with van der Waals surface area (Å²) in [6.07, 6.45) is 44.3. The molecule has 0 aromatic rings. The van der Waals surface area contributed by atoms with Gasteiger partial charge < -0.3 is 10.4 Å². The molecule has 250 valence electrons. The number of aliphatic hydroxyl groups excluding tert-OH is 1. The number of carbonyl (C=O) groups is 1. The Kier molecular flexibility index (Phi) is 28.8. The fourth-order valence-electron chi connectivity index (χ4n) is 4.36. The molecular weight excluding hydrogens is 570 g/mol. The maximum Gasteiger partial charge on any atom is 0.267 e. The Hall–Kier alpha value is -2.48. The highest BCUT2D eigenvalue weighted by Gasteiger charge is 2.24. The van der Waals surface area contributed by atoms with Crippen LogP contribution in [0.15, 0.2) is 85.1 Å². The molecule has 0 aromatic heterocycles. The summed E-state index contributed by atoms with van der Waals surface area (Å²) in [5.41, 5.74) is 0. The van der Waals surface area contributed by atoms with Gasteiger partial charge >= 0.3 is 0 Å². The third-order valence-electron chi connectivity index (χ3n) is 6.79. The van der Waals surface area contributed by atoms with Crippen molar-refractivity contribution in [3.05, 3.63) is 85.1 Å². The Morgan fingerprint density at radius 1 is 0.614 bits per heavy atom. The second-order valence-corrected chi connectivity index (χ2v) is 12.5. The Morgan fingerprint density at radius 3 is 1.61 bits per heavy atom. The first kappa shape index (κ1) is 41.5. The molecule has 0 saturated carbocycles. The van der Waals surface area contributed by atoms with Gasteiger partial charge in [-0.3, -0.25) is 9.35 Å². The van der Waals surface area contributed by atoms with Crippen molar-refractivity contribution in [3.8, 4) is 0 Å². The van der Waals surface area contributed by atoms with E-state index in [-0.39, 0.29) is 12.3 Å². The molecule has 0 aliphatic rings. The zero-order valence-corrected chi connectivity index (χ0v) is 28.3. The minimum absolute atomic E-state index is 0.263. The molecule has 3 N–H and O–H groups in total. The van der Waals surface area contributed by atoms with E-state index in [9.17, 15) is 22.9 Å². The Bertz CT molecular complexity index is 1000. The maximum atomic E-state index is 12.4. The van der Waals surface area contributed by atoms with Gasteiger partial charge in [-0.15, -0.1) is 0 Å². The lowest BCUT2D eigenvalue weighted by molar-refractivity contribution is -0.122. The second-order valence-electron chi connectivity index (χ2n) is 11.0. The smallest absolute Gasteiger partial charge is 0.267 e. The molecule has 1 amide bonds. The number of allylic oxidation sites excluding steroid dienone is 13. The first-order chi connectivity index (χ1) is 21.3. The summed E-state index contributed by atoms with van der Waals surface area (Å²) in [4.78, 5) is 12.4. The number of rotatable bonds is 28. The summed E-state index contributed by atoms with van der Waals surface area (Å²) in [5.74, 6) is -1.04. The highest BCUT2D eigenvalue weighted by molar-refractivity contribution is 7.85. The van der Waals surface area contributed by atoms with E-state index in [1.807, 2.05) is 0 Å². The van der Waals surface area contributed by atoms with E-state index in [4.69, 9.17) is 0 Å². The van der Waals surface area contributed by atoms with Gasteiger partial charge in [-0.05, 0) is 77.0 Å². The van der Waals surface area contributed by atoms with Crippen molar-refractivity contribution in [3.63, 3.8) is 0 Å². The summed E-state index contributed by atoms with van der Waals surface area (Å²) in [6, 6.07) is -1.09. The molecule has 0 aromatic carbocycles. The van der Waals surface area contributed by atoms with Crippen LogP contribution in [0.5, 0.6) is 0 Å². The average Bonchev–Trinajstić information content (AvgIpc) is 2.98. The fourth-order valence-corrected chi connectivity index (χ4v) is 5.09. The Morgan fingerprint density at radius 2 is 1.05 bits per heavy atom. The minimum Gasteiger partial charge on any atom is -0.387 e. The number of carbonyl (C=O) groups excluding carboxylic acids is 1. The molecule has 0 bridgehead atoms. The first-order valence-corrected chi connectivity index (χ1v) is 18.4. The van der Waals surface area contributed by atoms with E-state index >= 15 is 0 Å². The average molecular weight is 632 g/mol. The van der Waals surface area contributed by atoms with Gasteiger partial charge in [0, 0.05) is 6.42 Å². The van der Waals surface area contributed by atoms with Crippen LogP contribution in [-0.4, -0.2) is 41.9 Å². The van der Waals surface area contributed by atoms with E-state index in [0.717, 1.165) is 89.9 Å². The number of hydrogen-bond donors (Lipinski definition) is 3. The summed E-state index contributed by atoms with van der Waals surface area (Å²) in [6.45, 7) is 4.25. The van der Waals surface area contributed by atoms with Crippen LogP contribution in [0.2, 0.25) is 0 Å². The molecule has 0 heterocycles. The molecule has 6 nitrogen and oxygen atoms in total. The SMILES string of the molecule is CC/C=C\C/C=C\C/C=C\C/C=C\CCCCCCCCC(=O)NC(CS(=O)(=O)O)C(O)/C=C/CC/C=C/CC/C=C/CC. The van der Waals surface area contributed by atoms with Crippen molar-refractivity contribution >= 4 is 16.0 Å². The van der Waals surface area contributed by atoms with Crippen molar-refractivity contribution in [1.29, 1.82) is 0 Å². The summed E-state index contributed by atoms with van der Waals surface area (Å²) < 4.78 is 32.2. The van der Waals surface area contributed by atoms with Gasteiger partial charge in [0.25, 0.3) is 10.1 Å². The van der Waals surface area contributed by atoms with Gasteiger partial charge in [-0.1, -0.05) is 125 Å². The van der Waals surface area contributed by atoms with Crippen LogP contribution in [0.4, 0.5) is 0 Å². The lowest BCUT2D eigenvalue weighted by Crippen LogP contribution is -2.46. The van der Waals surface area contributed by atoms with E-state index in [2.05, 4.69) is 92.1 Å². The molecule has 0 saturated heterocycles. The van der Waals surface area contributed by atoms with E-state index in [0.29, 0.717) is 12.8 Å². The van der Waals surface area contributed by atoms with Crippen LogP contribution < -0.4 is 5.32 Å². The quantitative estimate of drug-likeness (QED) is 0.0454. The predicted molar refractivity (Wildman–Crippen MR) is 188 cm³/mol. The largest absolute Gasteiger partial charge is 0.387 e. The lowest BCUT2D eigenvalue weighted by Gasteiger charge is -2.21. The Labute approximate surface area is 269 Å². The summed E-state index contributed by atoms with van der Waals surface area (Å²) in [7, 11) is -4.36. The number of aliphatic hydroxyl groups is 1. The molecule has 2 atom stereocenters. The number of hydrogen-bond acceptors (Lipinski definition) is 4. The monoisotopic (exact) mass is 631 g/mol. The molecule has 7 heteroatoms. The maximum absolute atomic E-state index is 12.4. The van der Waals surface area contributed by atoms with E-state index < -0.39 is 28.0 Å². The lowest BCUT2D eigenvalue weighted by atomic mass is 10.1. The highest BCUT2D eigenvalue weighted by Crippen LogP contribution is 2.10. The molecule has 0 radical (unpaired) electrons. The number of amides is 1. The highest BCUT2D eigenvalue weighted by atomic mass is 32.2. The van der Waals surface area contributed by atoms with Crippen LogP contribution in [0.3, 0.4) is 0 Å². The van der Waals surface area contributed by atoms with Crippen molar-refractivity contribution in [2.45, 2.75) is 135 Å². The van der Waals surface area contributed by atoms with Crippen LogP contribution in [-0.2, 0) is 14.9 Å². The first-order valence-electron chi connectivity index (χ1n) is 16.8. The zero-order valence-electron chi connectivity index (χ0n) is 27.5. The van der Waals surface area contributed by atoms with Gasteiger partial charge in [0.15, 0.2) is 0 Å². The van der Waals surface area contributed by atoms with Crippen molar-refractivity contribution < 1.29 is 22.9 Å². The molecular formula is C37H61NO5S. The van der Waals surface area contributed by atoms with Gasteiger partial charge in [0.1, 0.15) is 0 Å². The molecule has 0 fully saturated rings. The Balaban J connectivity index is 4.08. The predicted octanol–water partition coefficient (Wildman–Crippen LogP) is 9.28. The number of nitrogens with one attached hydrogen (secondary N) is 1. The normalized spacial score (nSPS) is 14.5. The van der Waals surface area contributed by atoms with Gasteiger partial charge in [0.05, 0.1) is 17.9 Å². The minimum atomic E-state index is -4.36. The molecule has 0 spiro atoms. The van der Waals surface area contributed by atoms with Crippen molar-refractivity contribution in [2.24, 2.45) is 0 Å². The van der Waals surface area contributed by atoms with Crippen molar-refractivity contribution in [2.75, 3.05) is 5.75 Å². The molecule has 0 aliphatic heterocycles. The number of unbranched alkanes of at least 4 members (excludes halogenated alkanes) is 8. The summed E-state index contributed by atoms with van der Waals surface area (Å²) >= 11 is 0. The van der Waals surface area contributed by atoms with Gasteiger partial charge in [-0.25, -0.2) is 0 Å². The topological polar surface area (TPSA) is 104 Å². The molecule has 44 heavy (non-hydrogen) atoms. The second kappa shape index (κ2) is 30.5. The van der Waals surface area contributed by atoms with Crippen LogP contribution in [0.1, 0.15) is 123 Å². The molecule has 0 rings (SSSR count). The van der Waals surface area contributed by atoms with Crippen LogP contribution >= 0.6 is 0 Å². The van der Waals surface area contributed by atoms with Crippen molar-refractivity contribution in [1.82, 2.24) is 5.32 Å². The summed E-state index contributed by atoms with van der Waals surface area (Å²) in [5, 5.41) is 13.1. The van der Waals surface area contributed by atoms with E-state index in [1.165, 1.54) is 6.08 Å².